The molecule has 1 nitrogen and oxygen atoms in total. The molecule has 0 radical (unpaired) electrons. The minimum Gasteiger partial charge on any atom is -0.398 e. The number of nitrogen functional groups attached to an aromatic ring is 1. The fourth-order valence-electron chi connectivity index (χ4n) is 4.60. The summed E-state index contributed by atoms with van der Waals surface area (Å²) in [5.74, 6) is 0. The first kappa shape index (κ1) is 16.0. The molecule has 0 bridgehead atoms. The molecule has 3 aromatic carbocycles. The molecule has 0 heterocycles. The molecule has 0 aliphatic heterocycles. The summed E-state index contributed by atoms with van der Waals surface area (Å²) < 4.78 is 0. The Morgan fingerprint density at radius 3 is 2.08 bits per heavy atom. The first-order chi connectivity index (χ1) is 12.1. The largest absolute Gasteiger partial charge is 0.398 e. The lowest BCUT2D eigenvalue weighted by molar-refractivity contribution is 0.492. The van der Waals surface area contributed by atoms with E-state index in [2.05, 4.69) is 81.4 Å². The number of aryl methyl sites for hydroxylation is 1. The topological polar surface area (TPSA) is 26.0 Å². The van der Waals surface area contributed by atoms with Crippen molar-refractivity contribution >= 4 is 5.69 Å². The number of nitrogens with two attached hydrogens (primary N) is 1. The van der Waals surface area contributed by atoms with E-state index in [-0.39, 0.29) is 5.41 Å². The summed E-state index contributed by atoms with van der Waals surface area (Å²) in [5.41, 5.74) is 16.8. The number of benzene rings is 3. The Morgan fingerprint density at radius 1 is 0.760 bits per heavy atom. The third kappa shape index (κ3) is 2.15. The van der Waals surface area contributed by atoms with Crippen molar-refractivity contribution in [3.63, 3.8) is 0 Å². The lowest BCUT2D eigenvalue weighted by atomic mass is 9.72. The van der Waals surface area contributed by atoms with Crippen molar-refractivity contribution in [2.75, 3.05) is 5.73 Å². The van der Waals surface area contributed by atoms with Crippen LogP contribution in [-0.2, 0) is 5.41 Å². The molecular formula is C24H25N. The molecule has 0 fully saturated rings. The third-order valence-corrected chi connectivity index (χ3v) is 6.03. The smallest absolute Gasteiger partial charge is 0.0441 e. The second-order valence-corrected chi connectivity index (χ2v) is 7.15. The summed E-state index contributed by atoms with van der Waals surface area (Å²) in [5, 5.41) is 0. The van der Waals surface area contributed by atoms with Crippen LogP contribution in [0.15, 0.2) is 60.7 Å². The van der Waals surface area contributed by atoms with Crippen molar-refractivity contribution < 1.29 is 0 Å². The van der Waals surface area contributed by atoms with Crippen molar-refractivity contribution in [3.8, 4) is 22.3 Å². The van der Waals surface area contributed by atoms with Gasteiger partial charge < -0.3 is 5.73 Å². The molecule has 0 spiro atoms. The SMILES string of the molecule is CCC1(CC)c2ccccc2-c2ccc(-c3ccc(C)cc3)c(N)c21. The quantitative estimate of drug-likeness (QED) is 0.559. The molecule has 0 unspecified atom stereocenters. The fourth-order valence-corrected chi connectivity index (χ4v) is 4.60. The number of fused-ring (bicyclic) bond motifs is 3. The zero-order valence-corrected chi connectivity index (χ0v) is 15.3. The van der Waals surface area contributed by atoms with Crippen molar-refractivity contribution in [1.29, 1.82) is 0 Å². The summed E-state index contributed by atoms with van der Waals surface area (Å²) in [6.07, 6.45) is 2.13. The first-order valence-electron chi connectivity index (χ1n) is 9.22. The van der Waals surface area contributed by atoms with Gasteiger partial charge in [0.1, 0.15) is 0 Å². The highest BCUT2D eigenvalue weighted by Gasteiger charge is 2.42. The molecule has 126 valence electrons. The highest BCUT2D eigenvalue weighted by molar-refractivity contribution is 5.92. The Labute approximate surface area is 150 Å². The molecule has 3 aromatic rings. The molecule has 1 heteroatoms. The Kier molecular flexibility index (Phi) is 3.68. The van der Waals surface area contributed by atoms with Gasteiger partial charge >= 0.3 is 0 Å². The standard InChI is InChI=1S/C24H25N/c1-4-24(5-2)21-9-7-6-8-19(21)20-15-14-18(23(25)22(20)24)17-12-10-16(3)11-13-17/h6-15H,4-5,25H2,1-3H3. The zero-order valence-electron chi connectivity index (χ0n) is 15.3. The van der Waals surface area contributed by atoms with Crippen LogP contribution < -0.4 is 5.73 Å². The summed E-state index contributed by atoms with van der Waals surface area (Å²) >= 11 is 0. The molecule has 0 atom stereocenters. The van der Waals surface area contributed by atoms with Crippen LogP contribution in [0.25, 0.3) is 22.3 Å². The van der Waals surface area contributed by atoms with E-state index in [9.17, 15) is 0 Å². The number of hydrogen-bond acceptors (Lipinski definition) is 1. The first-order valence-corrected chi connectivity index (χ1v) is 9.22. The van der Waals surface area contributed by atoms with Crippen LogP contribution in [-0.4, -0.2) is 0 Å². The van der Waals surface area contributed by atoms with Crippen molar-refractivity contribution in [2.45, 2.75) is 39.0 Å². The van der Waals surface area contributed by atoms with Gasteiger partial charge in [0.15, 0.2) is 0 Å². The Hall–Kier alpha value is -2.54. The van der Waals surface area contributed by atoms with E-state index in [1.165, 1.54) is 33.4 Å². The van der Waals surface area contributed by atoms with E-state index in [1.54, 1.807) is 0 Å². The fraction of sp³-hybridized carbons (Fsp3) is 0.250. The van der Waals surface area contributed by atoms with Crippen LogP contribution in [0.2, 0.25) is 0 Å². The summed E-state index contributed by atoms with van der Waals surface area (Å²) in [7, 11) is 0. The molecule has 1 aliphatic rings. The van der Waals surface area contributed by atoms with Gasteiger partial charge in [-0.3, -0.25) is 0 Å². The highest BCUT2D eigenvalue weighted by atomic mass is 14.6. The van der Waals surface area contributed by atoms with Gasteiger partial charge in [0.25, 0.3) is 0 Å². The Morgan fingerprint density at radius 2 is 1.40 bits per heavy atom. The van der Waals surface area contributed by atoms with Crippen molar-refractivity contribution in [3.05, 3.63) is 77.4 Å². The van der Waals surface area contributed by atoms with Gasteiger partial charge in [-0.15, -0.1) is 0 Å². The van der Waals surface area contributed by atoms with Gasteiger partial charge in [0.05, 0.1) is 0 Å². The Balaban J connectivity index is 2.01. The average Bonchev–Trinajstić information content (AvgIpc) is 2.94. The normalized spacial score (nSPS) is 14.2. The molecule has 0 amide bonds. The van der Waals surface area contributed by atoms with Crippen LogP contribution in [0, 0.1) is 6.92 Å². The molecule has 0 saturated heterocycles. The van der Waals surface area contributed by atoms with E-state index in [4.69, 9.17) is 5.73 Å². The zero-order chi connectivity index (χ0) is 17.6. The maximum atomic E-state index is 6.81. The van der Waals surface area contributed by atoms with Gasteiger partial charge in [-0.25, -0.2) is 0 Å². The van der Waals surface area contributed by atoms with Gasteiger partial charge in [-0.1, -0.05) is 80.1 Å². The molecule has 0 saturated carbocycles. The Bertz CT molecular complexity index is 931. The van der Waals surface area contributed by atoms with E-state index in [0.717, 1.165) is 24.1 Å². The molecule has 1 aliphatic carbocycles. The predicted molar refractivity (Wildman–Crippen MR) is 108 cm³/mol. The van der Waals surface area contributed by atoms with Crippen molar-refractivity contribution in [1.82, 2.24) is 0 Å². The minimum atomic E-state index is 0.0245. The van der Waals surface area contributed by atoms with Gasteiger partial charge in [0, 0.05) is 16.7 Å². The maximum Gasteiger partial charge on any atom is 0.0441 e. The van der Waals surface area contributed by atoms with Crippen LogP contribution in [0.5, 0.6) is 0 Å². The summed E-state index contributed by atoms with van der Waals surface area (Å²) in [6.45, 7) is 6.69. The molecule has 4 rings (SSSR count). The van der Waals surface area contributed by atoms with E-state index in [1.807, 2.05) is 0 Å². The molecule has 2 N–H and O–H groups in total. The van der Waals surface area contributed by atoms with Gasteiger partial charge in [0.2, 0.25) is 0 Å². The lowest BCUT2D eigenvalue weighted by Crippen LogP contribution is -2.24. The number of rotatable bonds is 3. The third-order valence-electron chi connectivity index (χ3n) is 6.03. The van der Waals surface area contributed by atoms with E-state index >= 15 is 0 Å². The van der Waals surface area contributed by atoms with E-state index < -0.39 is 0 Å². The second-order valence-electron chi connectivity index (χ2n) is 7.15. The monoisotopic (exact) mass is 327 g/mol. The maximum absolute atomic E-state index is 6.81. The van der Waals surface area contributed by atoms with Crippen LogP contribution in [0.1, 0.15) is 43.4 Å². The molecular weight excluding hydrogens is 302 g/mol. The minimum absolute atomic E-state index is 0.0245. The summed E-state index contributed by atoms with van der Waals surface area (Å²) in [4.78, 5) is 0. The average molecular weight is 327 g/mol. The highest BCUT2D eigenvalue weighted by Crippen LogP contribution is 2.56. The lowest BCUT2D eigenvalue weighted by Gasteiger charge is -2.31. The van der Waals surface area contributed by atoms with Crippen LogP contribution in [0.4, 0.5) is 5.69 Å². The van der Waals surface area contributed by atoms with Crippen LogP contribution in [0.3, 0.4) is 0 Å². The second kappa shape index (κ2) is 5.77. The predicted octanol–water partition coefficient (Wildman–Crippen LogP) is 6.33. The van der Waals surface area contributed by atoms with Crippen LogP contribution >= 0.6 is 0 Å². The van der Waals surface area contributed by atoms with Gasteiger partial charge in [-0.05, 0) is 47.6 Å². The summed E-state index contributed by atoms with van der Waals surface area (Å²) in [6, 6.07) is 21.9. The molecule has 25 heavy (non-hydrogen) atoms. The number of anilines is 1. The van der Waals surface area contributed by atoms with Crippen molar-refractivity contribution in [2.24, 2.45) is 0 Å². The molecule has 0 aromatic heterocycles. The van der Waals surface area contributed by atoms with Gasteiger partial charge in [-0.2, -0.15) is 0 Å². The van der Waals surface area contributed by atoms with E-state index in [0.29, 0.717) is 0 Å². The number of hydrogen-bond donors (Lipinski definition) is 1.